The third kappa shape index (κ3) is 3.54. The van der Waals surface area contributed by atoms with Crippen LogP contribution in [0.3, 0.4) is 0 Å². The molecule has 4 heteroatoms. The maximum Gasteiger partial charge on any atom is 0.338 e. The lowest BCUT2D eigenvalue weighted by molar-refractivity contribution is -0.159. The minimum Gasteiger partial charge on any atom is -0.464 e. The van der Waals surface area contributed by atoms with E-state index in [1.54, 1.807) is 19.1 Å². The van der Waals surface area contributed by atoms with E-state index >= 15 is 0 Å². The number of aryl methyl sites for hydroxylation is 2. The predicted octanol–water partition coefficient (Wildman–Crippen LogP) is 1.26. The number of aliphatic hydroxyl groups is 2. The van der Waals surface area contributed by atoms with Crippen molar-refractivity contribution in [3.05, 3.63) is 34.9 Å². The number of esters is 1. The molecule has 0 bridgehead atoms. The molecule has 1 aromatic rings. The molecule has 0 saturated carbocycles. The van der Waals surface area contributed by atoms with Crippen molar-refractivity contribution in [3.8, 4) is 0 Å². The van der Waals surface area contributed by atoms with Gasteiger partial charge in [-0.25, -0.2) is 4.79 Å². The highest BCUT2D eigenvalue weighted by Gasteiger charge is 2.27. The number of hydrogen-bond donors (Lipinski definition) is 2. The monoisotopic (exact) mass is 238 g/mol. The number of hydrogen-bond acceptors (Lipinski definition) is 4. The zero-order valence-corrected chi connectivity index (χ0v) is 10.3. The van der Waals surface area contributed by atoms with Crippen molar-refractivity contribution in [3.63, 3.8) is 0 Å². The van der Waals surface area contributed by atoms with E-state index in [0.29, 0.717) is 5.56 Å². The van der Waals surface area contributed by atoms with E-state index in [1.807, 2.05) is 19.9 Å². The third-order valence-corrected chi connectivity index (χ3v) is 2.41. The van der Waals surface area contributed by atoms with E-state index in [0.717, 1.165) is 11.1 Å². The molecule has 0 radical (unpaired) electrons. The van der Waals surface area contributed by atoms with Crippen LogP contribution in [0.15, 0.2) is 18.2 Å². The van der Waals surface area contributed by atoms with Crippen molar-refractivity contribution in [2.45, 2.75) is 33.0 Å². The molecular weight excluding hydrogens is 220 g/mol. The molecule has 0 saturated heterocycles. The normalized spacial score (nSPS) is 14.2. The van der Waals surface area contributed by atoms with Crippen LogP contribution in [0.25, 0.3) is 0 Å². The molecule has 0 aliphatic carbocycles. The number of aliphatic hydroxyl groups excluding tert-OH is 2. The fourth-order valence-corrected chi connectivity index (χ4v) is 1.72. The van der Waals surface area contributed by atoms with Crippen LogP contribution in [-0.2, 0) is 9.53 Å². The number of rotatable bonds is 4. The fraction of sp³-hybridized carbons (Fsp3) is 0.462. The average molecular weight is 238 g/mol. The molecule has 0 fully saturated rings. The molecule has 0 aliphatic rings. The molecule has 2 atom stereocenters. The summed E-state index contributed by atoms with van der Waals surface area (Å²) in [6.07, 6.45) is -2.80. The summed E-state index contributed by atoms with van der Waals surface area (Å²) < 4.78 is 4.66. The van der Waals surface area contributed by atoms with E-state index in [1.165, 1.54) is 0 Å². The van der Waals surface area contributed by atoms with Crippen LogP contribution < -0.4 is 0 Å². The Kier molecular flexibility index (Phi) is 4.66. The molecular formula is C13H18O4. The largest absolute Gasteiger partial charge is 0.464 e. The Morgan fingerprint density at radius 2 is 1.76 bits per heavy atom. The summed E-state index contributed by atoms with van der Waals surface area (Å²) in [7, 11) is 0. The van der Waals surface area contributed by atoms with E-state index in [9.17, 15) is 15.0 Å². The Morgan fingerprint density at radius 3 is 2.24 bits per heavy atom. The highest BCUT2D eigenvalue weighted by Crippen LogP contribution is 2.20. The minimum absolute atomic E-state index is 0.176. The number of carbonyl (C=O) groups excluding carboxylic acids is 1. The summed E-state index contributed by atoms with van der Waals surface area (Å²) in [5.74, 6) is -0.806. The van der Waals surface area contributed by atoms with Crippen LogP contribution in [0.2, 0.25) is 0 Å². The van der Waals surface area contributed by atoms with Crippen LogP contribution >= 0.6 is 0 Å². The van der Waals surface area contributed by atoms with Crippen LogP contribution in [0.4, 0.5) is 0 Å². The van der Waals surface area contributed by atoms with E-state index in [2.05, 4.69) is 4.74 Å². The first-order valence-corrected chi connectivity index (χ1v) is 5.56. The van der Waals surface area contributed by atoms with Gasteiger partial charge < -0.3 is 14.9 Å². The second-order valence-corrected chi connectivity index (χ2v) is 4.06. The van der Waals surface area contributed by atoms with Crippen molar-refractivity contribution in [2.24, 2.45) is 0 Å². The molecule has 17 heavy (non-hydrogen) atoms. The van der Waals surface area contributed by atoms with Crippen molar-refractivity contribution in [1.82, 2.24) is 0 Å². The first-order valence-electron chi connectivity index (χ1n) is 5.56. The molecule has 4 nitrogen and oxygen atoms in total. The van der Waals surface area contributed by atoms with Gasteiger partial charge in [-0.2, -0.15) is 0 Å². The van der Waals surface area contributed by atoms with Gasteiger partial charge in [0.1, 0.15) is 6.10 Å². The van der Waals surface area contributed by atoms with Gasteiger partial charge in [0.15, 0.2) is 6.10 Å². The fourth-order valence-electron chi connectivity index (χ4n) is 1.72. The Labute approximate surface area is 101 Å². The average Bonchev–Trinajstić information content (AvgIpc) is 2.26. The molecule has 0 aliphatic heterocycles. The highest BCUT2D eigenvalue weighted by molar-refractivity contribution is 5.75. The van der Waals surface area contributed by atoms with Crippen LogP contribution in [0.5, 0.6) is 0 Å². The topological polar surface area (TPSA) is 66.8 Å². The van der Waals surface area contributed by atoms with Gasteiger partial charge >= 0.3 is 5.97 Å². The second-order valence-electron chi connectivity index (χ2n) is 4.06. The van der Waals surface area contributed by atoms with Gasteiger partial charge in [0.25, 0.3) is 0 Å². The van der Waals surface area contributed by atoms with Gasteiger partial charge in [-0.1, -0.05) is 29.3 Å². The number of ether oxygens (including phenoxy) is 1. The Morgan fingerprint density at radius 1 is 1.24 bits per heavy atom. The van der Waals surface area contributed by atoms with Crippen molar-refractivity contribution in [1.29, 1.82) is 0 Å². The van der Waals surface area contributed by atoms with Crippen LogP contribution in [-0.4, -0.2) is 28.9 Å². The SMILES string of the molecule is CCOC(=O)C(O)C(O)c1cc(C)cc(C)c1. The van der Waals surface area contributed by atoms with Crippen LogP contribution in [0.1, 0.15) is 29.7 Å². The van der Waals surface area contributed by atoms with Gasteiger partial charge in [0.2, 0.25) is 0 Å². The number of benzene rings is 1. The zero-order valence-electron chi connectivity index (χ0n) is 10.3. The first-order chi connectivity index (χ1) is 7.95. The summed E-state index contributed by atoms with van der Waals surface area (Å²) in [5.41, 5.74) is 2.45. The second kappa shape index (κ2) is 5.80. The maximum atomic E-state index is 11.3. The Balaban J connectivity index is 2.87. The van der Waals surface area contributed by atoms with Gasteiger partial charge in [0.05, 0.1) is 6.61 Å². The molecule has 2 N–H and O–H groups in total. The van der Waals surface area contributed by atoms with E-state index in [-0.39, 0.29) is 6.61 Å². The van der Waals surface area contributed by atoms with E-state index in [4.69, 9.17) is 0 Å². The standard InChI is InChI=1S/C13H18O4/c1-4-17-13(16)12(15)11(14)10-6-8(2)5-9(3)7-10/h5-7,11-12,14-15H,4H2,1-3H3. The molecule has 0 aromatic heterocycles. The Bertz CT molecular complexity index is 380. The van der Waals surface area contributed by atoms with Gasteiger partial charge in [0, 0.05) is 0 Å². The number of carbonyl (C=O) groups is 1. The smallest absolute Gasteiger partial charge is 0.338 e. The predicted molar refractivity (Wildman–Crippen MR) is 63.5 cm³/mol. The summed E-state index contributed by atoms with van der Waals surface area (Å²) >= 11 is 0. The van der Waals surface area contributed by atoms with Gasteiger partial charge in [-0.15, -0.1) is 0 Å². The lowest BCUT2D eigenvalue weighted by Gasteiger charge is -2.17. The van der Waals surface area contributed by atoms with Crippen molar-refractivity contribution < 1.29 is 19.7 Å². The van der Waals surface area contributed by atoms with Gasteiger partial charge in [-0.05, 0) is 26.3 Å². The third-order valence-electron chi connectivity index (χ3n) is 2.41. The summed E-state index contributed by atoms with van der Waals surface area (Å²) in [6.45, 7) is 5.60. The van der Waals surface area contributed by atoms with E-state index < -0.39 is 18.2 Å². The molecule has 94 valence electrons. The minimum atomic E-state index is -1.55. The van der Waals surface area contributed by atoms with Crippen molar-refractivity contribution in [2.75, 3.05) is 6.61 Å². The first kappa shape index (κ1) is 13.7. The van der Waals surface area contributed by atoms with Gasteiger partial charge in [-0.3, -0.25) is 0 Å². The zero-order chi connectivity index (χ0) is 13.0. The Hall–Kier alpha value is -1.39. The molecule has 1 aromatic carbocycles. The highest BCUT2D eigenvalue weighted by atomic mass is 16.5. The molecule has 0 heterocycles. The quantitative estimate of drug-likeness (QED) is 0.775. The lowest BCUT2D eigenvalue weighted by atomic mass is 10.00. The summed E-state index contributed by atoms with van der Waals surface area (Å²) in [4.78, 5) is 11.3. The maximum absolute atomic E-state index is 11.3. The lowest BCUT2D eigenvalue weighted by Crippen LogP contribution is -2.30. The molecule has 0 spiro atoms. The van der Waals surface area contributed by atoms with Crippen molar-refractivity contribution >= 4 is 5.97 Å². The summed E-state index contributed by atoms with van der Waals surface area (Å²) in [6, 6.07) is 5.42. The summed E-state index contributed by atoms with van der Waals surface area (Å²) in [5, 5.41) is 19.5. The molecule has 0 amide bonds. The molecule has 1 rings (SSSR count). The molecule has 2 unspecified atom stereocenters. The van der Waals surface area contributed by atoms with Crippen LogP contribution in [0, 0.1) is 13.8 Å².